The van der Waals surface area contributed by atoms with Gasteiger partial charge in [0.25, 0.3) is 0 Å². The van der Waals surface area contributed by atoms with Crippen LogP contribution in [0.1, 0.15) is 59.3 Å². The summed E-state index contributed by atoms with van der Waals surface area (Å²) in [5.41, 5.74) is 0.182. The number of carbonyl (C=O) groups excluding carboxylic acids is 2. The van der Waals surface area contributed by atoms with E-state index >= 15 is 0 Å². The SMILES string of the molecule is CC(C(=O)[O-])C1CCC2C3CCC4NC(=O)C=CC4(C)C3CCC12C.[Na+]. The van der Waals surface area contributed by atoms with Gasteiger partial charge in [-0.2, -0.15) is 0 Å². The maximum Gasteiger partial charge on any atom is 1.00 e. The third-order valence-electron chi connectivity index (χ3n) is 8.73. The Morgan fingerprint density at radius 2 is 1.92 bits per heavy atom. The predicted octanol–water partition coefficient (Wildman–Crippen LogP) is -0.710. The standard InChI is InChI=1S/C21H31NO3.Na/c1-12(19(24)25)14-5-6-15-13-4-7-17-21(3,11-9-18(23)22-17)16(13)8-10-20(14,15)2;/h9,11-17H,4-8,10H2,1-3H3,(H,22,23)(H,24,25);/q;+1/p-1. The van der Waals surface area contributed by atoms with Crippen molar-refractivity contribution in [3.8, 4) is 0 Å². The van der Waals surface area contributed by atoms with Gasteiger partial charge >= 0.3 is 29.6 Å². The molecule has 3 aliphatic carbocycles. The zero-order valence-electron chi connectivity index (χ0n) is 16.6. The van der Waals surface area contributed by atoms with Gasteiger partial charge in [-0.05, 0) is 79.6 Å². The third-order valence-corrected chi connectivity index (χ3v) is 8.73. The van der Waals surface area contributed by atoms with E-state index in [-0.39, 0.29) is 64.2 Å². The summed E-state index contributed by atoms with van der Waals surface area (Å²) in [6, 6.07) is 0.259. The number of fused-ring (bicyclic) bond motifs is 5. The van der Waals surface area contributed by atoms with E-state index in [9.17, 15) is 14.7 Å². The molecule has 8 atom stereocenters. The van der Waals surface area contributed by atoms with E-state index in [1.165, 1.54) is 0 Å². The van der Waals surface area contributed by atoms with Crippen LogP contribution in [0.5, 0.6) is 0 Å². The number of rotatable bonds is 2. The topological polar surface area (TPSA) is 69.2 Å². The monoisotopic (exact) mass is 367 g/mol. The van der Waals surface area contributed by atoms with Crippen molar-refractivity contribution in [1.82, 2.24) is 5.32 Å². The summed E-state index contributed by atoms with van der Waals surface area (Å²) in [6.45, 7) is 6.51. The van der Waals surface area contributed by atoms with Crippen molar-refractivity contribution in [3.63, 3.8) is 0 Å². The number of carboxylic acid groups (broad SMARTS) is 1. The van der Waals surface area contributed by atoms with Crippen molar-refractivity contribution in [3.05, 3.63) is 12.2 Å². The summed E-state index contributed by atoms with van der Waals surface area (Å²) < 4.78 is 0. The van der Waals surface area contributed by atoms with Crippen LogP contribution < -0.4 is 40.0 Å². The van der Waals surface area contributed by atoms with Gasteiger partial charge in [0.1, 0.15) is 0 Å². The van der Waals surface area contributed by atoms with Gasteiger partial charge in [-0.25, -0.2) is 0 Å². The summed E-state index contributed by atoms with van der Waals surface area (Å²) in [5, 5.41) is 14.7. The molecule has 0 radical (unpaired) electrons. The van der Waals surface area contributed by atoms with Crippen LogP contribution in [-0.2, 0) is 9.59 Å². The van der Waals surface area contributed by atoms with E-state index in [1.807, 2.05) is 6.92 Å². The second kappa shape index (κ2) is 6.93. The quantitative estimate of drug-likeness (QED) is 0.656. The Hall–Kier alpha value is -0.320. The predicted molar refractivity (Wildman–Crippen MR) is 93.1 cm³/mol. The van der Waals surface area contributed by atoms with Crippen LogP contribution in [0.25, 0.3) is 0 Å². The molecule has 3 fully saturated rings. The van der Waals surface area contributed by atoms with Gasteiger partial charge in [0.05, 0.1) is 0 Å². The number of aliphatic carboxylic acids is 1. The molecule has 3 saturated carbocycles. The van der Waals surface area contributed by atoms with Crippen LogP contribution in [-0.4, -0.2) is 17.9 Å². The summed E-state index contributed by atoms with van der Waals surface area (Å²) in [4.78, 5) is 23.3. The summed E-state index contributed by atoms with van der Waals surface area (Å²) in [5.74, 6) is 0.912. The van der Waals surface area contributed by atoms with E-state index in [0.29, 0.717) is 17.8 Å². The Kier molecular flexibility index (Phi) is 5.44. The van der Waals surface area contributed by atoms with Crippen molar-refractivity contribution in [2.75, 3.05) is 0 Å². The van der Waals surface area contributed by atoms with E-state index in [0.717, 1.165) is 38.5 Å². The first-order valence-electron chi connectivity index (χ1n) is 9.98. The molecule has 1 N–H and O–H groups in total. The Balaban J connectivity index is 0.00000196. The molecule has 8 unspecified atom stereocenters. The van der Waals surface area contributed by atoms with Gasteiger partial charge in [-0.3, -0.25) is 4.79 Å². The first kappa shape index (κ1) is 20.4. The van der Waals surface area contributed by atoms with Gasteiger partial charge < -0.3 is 15.2 Å². The molecule has 0 spiro atoms. The number of hydrogen-bond acceptors (Lipinski definition) is 3. The molecule has 1 heterocycles. The fraction of sp³-hybridized carbons (Fsp3) is 0.810. The van der Waals surface area contributed by atoms with Crippen molar-refractivity contribution in [1.29, 1.82) is 0 Å². The van der Waals surface area contributed by atoms with Crippen LogP contribution in [0.4, 0.5) is 0 Å². The minimum absolute atomic E-state index is 0. The molecule has 0 aromatic rings. The third kappa shape index (κ3) is 2.82. The Morgan fingerprint density at radius 1 is 1.19 bits per heavy atom. The van der Waals surface area contributed by atoms with E-state index in [4.69, 9.17) is 0 Å². The van der Waals surface area contributed by atoms with Crippen LogP contribution in [0.2, 0.25) is 0 Å². The zero-order chi connectivity index (χ0) is 18.0. The molecule has 26 heavy (non-hydrogen) atoms. The van der Waals surface area contributed by atoms with Crippen molar-refractivity contribution >= 4 is 11.9 Å². The molecule has 0 aromatic heterocycles. The molecule has 4 aliphatic rings. The van der Waals surface area contributed by atoms with E-state index < -0.39 is 5.97 Å². The molecule has 138 valence electrons. The van der Waals surface area contributed by atoms with Crippen LogP contribution in [0, 0.1) is 40.4 Å². The summed E-state index contributed by atoms with van der Waals surface area (Å²) in [6.07, 6.45) is 10.5. The fourth-order valence-corrected chi connectivity index (χ4v) is 7.36. The van der Waals surface area contributed by atoms with Crippen LogP contribution in [0.3, 0.4) is 0 Å². The average Bonchev–Trinajstić information content (AvgIpc) is 2.92. The molecular formula is C21H30NNaO3. The number of amides is 1. The van der Waals surface area contributed by atoms with Crippen LogP contribution >= 0.6 is 0 Å². The fourth-order valence-electron chi connectivity index (χ4n) is 7.36. The molecule has 0 bridgehead atoms. The van der Waals surface area contributed by atoms with Gasteiger partial charge in [0.2, 0.25) is 5.91 Å². The second-order valence-corrected chi connectivity index (χ2v) is 9.55. The Morgan fingerprint density at radius 3 is 2.62 bits per heavy atom. The van der Waals surface area contributed by atoms with Gasteiger partial charge in [0.15, 0.2) is 0 Å². The molecule has 5 heteroatoms. The van der Waals surface area contributed by atoms with E-state index in [2.05, 4.69) is 25.2 Å². The number of nitrogens with one attached hydrogen (secondary N) is 1. The second-order valence-electron chi connectivity index (χ2n) is 9.55. The summed E-state index contributed by atoms with van der Waals surface area (Å²) >= 11 is 0. The van der Waals surface area contributed by atoms with Gasteiger partial charge in [0, 0.05) is 17.4 Å². The van der Waals surface area contributed by atoms with Crippen molar-refractivity contribution < 1.29 is 44.3 Å². The number of carbonyl (C=O) groups is 2. The first-order valence-corrected chi connectivity index (χ1v) is 9.98. The van der Waals surface area contributed by atoms with Crippen LogP contribution in [0.15, 0.2) is 12.2 Å². The summed E-state index contributed by atoms with van der Waals surface area (Å²) in [7, 11) is 0. The smallest absolute Gasteiger partial charge is 0.550 e. The van der Waals surface area contributed by atoms with Gasteiger partial charge in [-0.15, -0.1) is 0 Å². The maximum absolute atomic E-state index is 11.8. The first-order chi connectivity index (χ1) is 11.8. The largest absolute Gasteiger partial charge is 1.00 e. The Bertz CT molecular complexity index is 635. The molecular weight excluding hydrogens is 337 g/mol. The number of hydrogen-bond donors (Lipinski definition) is 1. The minimum Gasteiger partial charge on any atom is -0.550 e. The average molecular weight is 367 g/mol. The van der Waals surface area contributed by atoms with Crippen molar-refractivity contribution in [2.24, 2.45) is 40.4 Å². The molecule has 1 amide bonds. The molecule has 1 aliphatic heterocycles. The molecule has 0 aromatic carbocycles. The van der Waals surface area contributed by atoms with Crippen molar-refractivity contribution in [2.45, 2.75) is 65.3 Å². The Labute approximate surface area is 178 Å². The zero-order valence-corrected chi connectivity index (χ0v) is 18.6. The normalized spacial score (nSPS) is 47.7. The van der Waals surface area contributed by atoms with E-state index in [1.54, 1.807) is 6.08 Å². The molecule has 0 saturated heterocycles. The van der Waals surface area contributed by atoms with Gasteiger partial charge in [-0.1, -0.05) is 26.8 Å². The molecule has 4 nitrogen and oxygen atoms in total. The molecule has 4 rings (SSSR count). The minimum atomic E-state index is -0.886. The maximum atomic E-state index is 11.8. The number of carboxylic acids is 1.